The fourth-order valence-corrected chi connectivity index (χ4v) is 7.78. The highest BCUT2D eigenvalue weighted by Gasteiger charge is 2.32. The minimum Gasteiger partial charge on any atom is -0.494 e. The summed E-state index contributed by atoms with van der Waals surface area (Å²) in [6.07, 6.45) is 8.12. The number of para-hydroxylation sites is 1. The molecule has 48 heavy (non-hydrogen) atoms. The normalized spacial score (nSPS) is 18.1. The number of methoxy groups -OCH3 is 1. The molecule has 3 aromatic carbocycles. The summed E-state index contributed by atoms with van der Waals surface area (Å²) in [4.78, 5) is 29.6. The Hall–Kier alpha value is -3.99. The minimum atomic E-state index is 0.0305. The van der Waals surface area contributed by atoms with Gasteiger partial charge < -0.3 is 28.9 Å². The molecule has 0 radical (unpaired) electrons. The van der Waals surface area contributed by atoms with E-state index < -0.39 is 0 Å². The summed E-state index contributed by atoms with van der Waals surface area (Å²) in [5, 5.41) is 1.03. The van der Waals surface area contributed by atoms with Gasteiger partial charge in [-0.05, 0) is 81.9 Å². The summed E-state index contributed by atoms with van der Waals surface area (Å²) >= 11 is 1.72. The second-order valence-electron chi connectivity index (χ2n) is 12.8. The fourth-order valence-electron chi connectivity index (χ4n) is 6.82. The standard InChI is InChI=1S/C38H45N5O4S/c1-45-34-25-31-33(39-27-29-11-9-17-43(29)38(31)44)26-35(34)47-23-7-5-16-42-20-18-41(19-21-42)15-4-6-22-46-30-12-8-10-28(24-30)37-40-32-13-2-3-14-36(32)48-37/h2-3,8,10,12-14,24-27,29H,4-7,9,11,15-23H2,1H3/t29-/m0/s1. The predicted molar refractivity (Wildman–Crippen MR) is 193 cm³/mol. The molecule has 1 amide bonds. The van der Waals surface area contributed by atoms with Crippen LogP contribution in [-0.2, 0) is 0 Å². The summed E-state index contributed by atoms with van der Waals surface area (Å²) in [7, 11) is 1.62. The summed E-state index contributed by atoms with van der Waals surface area (Å²) < 4.78 is 19.1. The zero-order chi connectivity index (χ0) is 32.7. The van der Waals surface area contributed by atoms with Gasteiger partial charge in [0, 0.05) is 50.6 Å². The van der Waals surface area contributed by atoms with Crippen LogP contribution >= 0.6 is 11.3 Å². The van der Waals surface area contributed by atoms with E-state index in [0.717, 1.165) is 113 Å². The number of aromatic nitrogens is 1. The van der Waals surface area contributed by atoms with Gasteiger partial charge in [0.1, 0.15) is 10.8 Å². The number of amides is 1. The van der Waals surface area contributed by atoms with Crippen molar-refractivity contribution in [3.05, 3.63) is 66.2 Å². The van der Waals surface area contributed by atoms with Crippen molar-refractivity contribution in [1.29, 1.82) is 0 Å². The van der Waals surface area contributed by atoms with E-state index in [0.29, 0.717) is 29.4 Å². The van der Waals surface area contributed by atoms with E-state index in [4.69, 9.17) is 19.2 Å². The van der Waals surface area contributed by atoms with Crippen LogP contribution in [0.2, 0.25) is 0 Å². The third-order valence-corrected chi connectivity index (χ3v) is 10.6. The molecule has 3 aliphatic heterocycles. The van der Waals surface area contributed by atoms with Gasteiger partial charge in [-0.25, -0.2) is 4.98 Å². The van der Waals surface area contributed by atoms with Crippen LogP contribution in [0.4, 0.5) is 5.69 Å². The summed E-state index contributed by atoms with van der Waals surface area (Å²) in [5.41, 5.74) is 3.42. The maximum absolute atomic E-state index is 13.1. The summed E-state index contributed by atoms with van der Waals surface area (Å²) in [5.74, 6) is 2.18. The Kier molecular flexibility index (Phi) is 10.5. The van der Waals surface area contributed by atoms with E-state index in [1.165, 1.54) is 4.70 Å². The number of piperazine rings is 1. The highest BCUT2D eigenvalue weighted by Crippen LogP contribution is 2.38. The Labute approximate surface area is 287 Å². The largest absolute Gasteiger partial charge is 0.494 e. The molecular formula is C38H45N5O4S. The smallest absolute Gasteiger partial charge is 0.256 e. The number of hydrogen-bond acceptors (Lipinski definition) is 9. The lowest BCUT2D eigenvalue weighted by Gasteiger charge is -2.34. The monoisotopic (exact) mass is 667 g/mol. The van der Waals surface area contributed by atoms with E-state index in [1.807, 2.05) is 29.3 Å². The van der Waals surface area contributed by atoms with E-state index >= 15 is 0 Å². The molecule has 3 aliphatic rings. The van der Waals surface area contributed by atoms with Crippen LogP contribution in [0.5, 0.6) is 17.2 Å². The first-order chi connectivity index (χ1) is 23.6. The van der Waals surface area contributed by atoms with E-state index in [2.05, 4.69) is 51.2 Å². The van der Waals surface area contributed by atoms with Crippen LogP contribution in [-0.4, -0.2) is 104 Å². The van der Waals surface area contributed by atoms with E-state index in [9.17, 15) is 4.79 Å². The lowest BCUT2D eigenvalue weighted by Crippen LogP contribution is -2.46. The Morgan fingerprint density at radius 3 is 2.38 bits per heavy atom. The lowest BCUT2D eigenvalue weighted by atomic mass is 10.1. The quantitative estimate of drug-likeness (QED) is 0.135. The van der Waals surface area contributed by atoms with Gasteiger partial charge in [-0.1, -0.05) is 24.3 Å². The Balaban J connectivity index is 0.773. The van der Waals surface area contributed by atoms with E-state index in [-0.39, 0.29) is 11.9 Å². The highest BCUT2D eigenvalue weighted by atomic mass is 32.1. The number of rotatable bonds is 14. The number of carbonyl (C=O) groups excluding carboxylic acids is 1. The van der Waals surface area contributed by atoms with Gasteiger partial charge in [-0.3, -0.25) is 9.79 Å². The lowest BCUT2D eigenvalue weighted by molar-refractivity contribution is 0.0774. The zero-order valence-corrected chi connectivity index (χ0v) is 28.6. The summed E-state index contributed by atoms with van der Waals surface area (Å²) in [6.45, 7) is 8.77. The number of hydrogen-bond donors (Lipinski definition) is 0. The fraction of sp³-hybridized carbons (Fsp3) is 0.447. The van der Waals surface area contributed by atoms with Crippen molar-refractivity contribution in [1.82, 2.24) is 19.7 Å². The molecule has 2 fully saturated rings. The average Bonchev–Trinajstić information content (AvgIpc) is 3.76. The van der Waals surface area contributed by atoms with Gasteiger partial charge in [0.2, 0.25) is 0 Å². The Morgan fingerprint density at radius 1 is 0.833 bits per heavy atom. The maximum Gasteiger partial charge on any atom is 0.256 e. The molecule has 9 nitrogen and oxygen atoms in total. The van der Waals surface area contributed by atoms with Gasteiger partial charge in [0.15, 0.2) is 11.5 Å². The first kappa shape index (κ1) is 32.6. The molecule has 252 valence electrons. The molecule has 1 aromatic heterocycles. The molecule has 10 heteroatoms. The van der Waals surface area contributed by atoms with Crippen LogP contribution in [0.1, 0.15) is 48.9 Å². The molecule has 4 aromatic rings. The molecule has 4 heterocycles. The number of benzene rings is 3. The second-order valence-corrected chi connectivity index (χ2v) is 13.8. The number of ether oxygens (including phenoxy) is 3. The predicted octanol–water partition coefficient (Wildman–Crippen LogP) is 6.93. The second kappa shape index (κ2) is 15.5. The van der Waals surface area contributed by atoms with Crippen LogP contribution in [0.25, 0.3) is 20.8 Å². The van der Waals surface area contributed by atoms with Gasteiger partial charge in [-0.15, -0.1) is 11.3 Å². The first-order valence-electron chi connectivity index (χ1n) is 17.4. The number of carbonyl (C=O) groups is 1. The third kappa shape index (κ3) is 7.66. The molecule has 2 saturated heterocycles. The SMILES string of the molecule is COc1cc2c(cc1OCCCCN1CCN(CCCCOc3cccc(-c4nc5ccccc5s4)c3)CC1)N=C[C@@H]1CCCN1C2=O. The number of nitrogens with zero attached hydrogens (tertiary/aromatic N) is 5. The first-order valence-corrected chi connectivity index (χ1v) is 18.2. The number of aliphatic imine (C=N–C) groups is 1. The van der Waals surface area contributed by atoms with Crippen molar-refractivity contribution in [3.63, 3.8) is 0 Å². The molecule has 7 rings (SSSR count). The van der Waals surface area contributed by atoms with Crippen molar-refractivity contribution < 1.29 is 19.0 Å². The molecule has 0 spiro atoms. The topological polar surface area (TPSA) is 79.7 Å². The molecule has 0 unspecified atom stereocenters. The number of thiazole rings is 1. The zero-order valence-electron chi connectivity index (χ0n) is 27.8. The molecule has 0 saturated carbocycles. The van der Waals surface area contributed by atoms with Gasteiger partial charge >= 0.3 is 0 Å². The maximum atomic E-state index is 13.1. The van der Waals surface area contributed by atoms with Crippen molar-refractivity contribution in [2.45, 2.75) is 44.6 Å². The number of fused-ring (bicyclic) bond motifs is 3. The average molecular weight is 668 g/mol. The van der Waals surface area contributed by atoms with Gasteiger partial charge in [0.05, 0.1) is 47.8 Å². The van der Waals surface area contributed by atoms with E-state index in [1.54, 1.807) is 24.5 Å². The highest BCUT2D eigenvalue weighted by molar-refractivity contribution is 7.21. The molecule has 1 atom stereocenters. The molecule has 0 N–H and O–H groups in total. The van der Waals surface area contributed by atoms with Crippen molar-refractivity contribution in [3.8, 4) is 27.8 Å². The van der Waals surface area contributed by atoms with Crippen LogP contribution in [0.3, 0.4) is 0 Å². The molecule has 0 aliphatic carbocycles. The van der Waals surface area contributed by atoms with Crippen molar-refractivity contribution >= 4 is 39.4 Å². The Morgan fingerprint density at radius 2 is 1.60 bits per heavy atom. The van der Waals surface area contributed by atoms with Crippen molar-refractivity contribution in [2.75, 3.05) is 66.1 Å². The van der Waals surface area contributed by atoms with Crippen molar-refractivity contribution in [2.24, 2.45) is 4.99 Å². The Bertz CT molecular complexity index is 1700. The number of unbranched alkanes of at least 4 members (excludes halogenated alkanes) is 2. The molecule has 0 bridgehead atoms. The minimum absolute atomic E-state index is 0.0305. The van der Waals surface area contributed by atoms with Crippen LogP contribution < -0.4 is 14.2 Å². The van der Waals surface area contributed by atoms with Crippen LogP contribution in [0, 0.1) is 0 Å². The van der Waals surface area contributed by atoms with Crippen LogP contribution in [0.15, 0.2) is 65.7 Å². The summed E-state index contributed by atoms with van der Waals surface area (Å²) in [6, 6.07) is 20.3. The third-order valence-electron chi connectivity index (χ3n) is 9.56. The van der Waals surface area contributed by atoms with Gasteiger partial charge in [-0.2, -0.15) is 0 Å². The molecular weight excluding hydrogens is 623 g/mol. The van der Waals surface area contributed by atoms with Gasteiger partial charge in [0.25, 0.3) is 5.91 Å².